The van der Waals surface area contributed by atoms with Crippen molar-refractivity contribution in [3.63, 3.8) is 0 Å². The summed E-state index contributed by atoms with van der Waals surface area (Å²) in [7, 11) is 0. The molecule has 1 aliphatic heterocycles. The number of ketones is 1. The van der Waals surface area contributed by atoms with Crippen molar-refractivity contribution in [1.29, 1.82) is 0 Å². The topological polar surface area (TPSA) is 87.0 Å². The van der Waals surface area contributed by atoms with Gasteiger partial charge in [0.05, 0.1) is 24.2 Å². The quantitative estimate of drug-likeness (QED) is 0.580. The van der Waals surface area contributed by atoms with Crippen LogP contribution < -0.4 is 0 Å². The Morgan fingerprint density at radius 3 is 2.47 bits per heavy atom. The minimum Gasteiger partial charge on any atom is -0.390 e. The second kappa shape index (κ2) is 3.58. The maximum absolute atomic E-state index is 12.6. The molecule has 3 rings (SSSR count). The molecule has 0 bridgehead atoms. The zero-order valence-corrected chi connectivity index (χ0v) is 11.6. The van der Waals surface area contributed by atoms with Crippen LogP contribution in [0.4, 0.5) is 0 Å². The Kier molecular flexibility index (Phi) is 2.54. The van der Waals surface area contributed by atoms with Crippen LogP contribution >= 0.6 is 0 Å². The van der Waals surface area contributed by atoms with Crippen molar-refractivity contribution in [3.05, 3.63) is 0 Å². The molecule has 0 radical (unpaired) electrons. The Hall–Kier alpha value is -0.490. The van der Waals surface area contributed by atoms with Crippen molar-refractivity contribution in [1.82, 2.24) is 0 Å². The largest absolute Gasteiger partial charge is 0.390 e. The predicted molar refractivity (Wildman–Crippen MR) is 66.0 cm³/mol. The third kappa shape index (κ3) is 1.37. The van der Waals surface area contributed by atoms with E-state index in [1.165, 1.54) is 0 Å². The second-order valence-corrected chi connectivity index (χ2v) is 7.28. The van der Waals surface area contributed by atoms with Gasteiger partial charge in [0.2, 0.25) is 5.79 Å². The highest BCUT2D eigenvalue weighted by Crippen LogP contribution is 2.61. The fraction of sp³-hybridized carbons (Fsp3) is 0.929. The van der Waals surface area contributed by atoms with Gasteiger partial charge in [-0.05, 0) is 18.3 Å². The number of hydrogen-bond acceptors (Lipinski definition) is 5. The first-order chi connectivity index (χ1) is 8.65. The number of fused-ring (bicyclic) bond motifs is 2. The van der Waals surface area contributed by atoms with Gasteiger partial charge < -0.3 is 20.1 Å². The predicted octanol–water partition coefficient (Wildman–Crippen LogP) is 0.0684. The number of rotatable bonds is 0. The molecule has 1 heterocycles. The molecule has 0 aromatic rings. The van der Waals surface area contributed by atoms with Gasteiger partial charge in [-0.15, -0.1) is 0 Å². The SMILES string of the molecule is CC1(C)CC2C(=O)C3(O)OCCC3(C)C(O)C(O)C21. The molecule has 5 nitrogen and oxygen atoms in total. The van der Waals surface area contributed by atoms with E-state index < -0.39 is 29.3 Å². The lowest BCUT2D eigenvalue weighted by atomic mass is 9.52. The van der Waals surface area contributed by atoms with E-state index in [1.807, 2.05) is 13.8 Å². The van der Waals surface area contributed by atoms with Crippen LogP contribution in [0.1, 0.15) is 33.6 Å². The molecule has 0 amide bonds. The summed E-state index contributed by atoms with van der Waals surface area (Å²) in [4.78, 5) is 12.6. The van der Waals surface area contributed by atoms with Crippen LogP contribution in [0.2, 0.25) is 0 Å². The highest BCUT2D eigenvalue weighted by molar-refractivity contribution is 5.91. The van der Waals surface area contributed by atoms with E-state index >= 15 is 0 Å². The van der Waals surface area contributed by atoms with E-state index in [4.69, 9.17) is 4.74 Å². The zero-order chi connectivity index (χ0) is 14.2. The summed E-state index contributed by atoms with van der Waals surface area (Å²) in [6, 6.07) is 0. The molecule has 2 saturated carbocycles. The molecule has 0 aromatic heterocycles. The number of ether oxygens (including phenoxy) is 1. The summed E-state index contributed by atoms with van der Waals surface area (Å²) in [5.74, 6) is -3.06. The van der Waals surface area contributed by atoms with E-state index in [9.17, 15) is 20.1 Å². The van der Waals surface area contributed by atoms with Crippen molar-refractivity contribution < 1.29 is 24.9 Å². The minimum absolute atomic E-state index is 0.202. The van der Waals surface area contributed by atoms with Gasteiger partial charge in [0.1, 0.15) is 0 Å². The van der Waals surface area contributed by atoms with Crippen LogP contribution in [-0.2, 0) is 9.53 Å². The molecule has 19 heavy (non-hydrogen) atoms. The van der Waals surface area contributed by atoms with Gasteiger partial charge in [-0.2, -0.15) is 0 Å². The summed E-state index contributed by atoms with van der Waals surface area (Å²) in [5.41, 5.74) is -1.33. The highest BCUT2D eigenvalue weighted by Gasteiger charge is 2.71. The average molecular weight is 270 g/mol. The molecular formula is C14H22O5. The molecule has 2 aliphatic carbocycles. The maximum atomic E-state index is 12.6. The van der Waals surface area contributed by atoms with Crippen LogP contribution in [-0.4, -0.2) is 45.7 Å². The lowest BCUT2D eigenvalue weighted by Crippen LogP contribution is -2.57. The molecule has 5 heteroatoms. The van der Waals surface area contributed by atoms with Gasteiger partial charge in [0.15, 0.2) is 5.78 Å². The van der Waals surface area contributed by atoms with Crippen LogP contribution in [0.25, 0.3) is 0 Å². The molecule has 3 N–H and O–H groups in total. The van der Waals surface area contributed by atoms with E-state index in [2.05, 4.69) is 0 Å². The van der Waals surface area contributed by atoms with Gasteiger partial charge in [-0.3, -0.25) is 4.79 Å². The molecule has 0 spiro atoms. The Bertz CT molecular complexity index is 434. The molecule has 6 atom stereocenters. The van der Waals surface area contributed by atoms with Crippen molar-refractivity contribution in [2.24, 2.45) is 22.7 Å². The van der Waals surface area contributed by atoms with Crippen molar-refractivity contribution in [2.45, 2.75) is 51.6 Å². The van der Waals surface area contributed by atoms with Gasteiger partial charge in [-0.1, -0.05) is 20.8 Å². The summed E-state index contributed by atoms with van der Waals surface area (Å²) in [6.07, 6.45) is -1.17. The number of Topliss-reactive ketones (excluding diaryl/α,β-unsaturated/α-hetero) is 1. The Balaban J connectivity index is 2.09. The van der Waals surface area contributed by atoms with Crippen LogP contribution in [0.15, 0.2) is 0 Å². The molecule has 3 aliphatic rings. The standard InChI is InChI=1S/C14H22O5/c1-12(2)6-7-8(12)9(15)11(17)13(3)4-5-19-14(13,18)10(7)16/h7-9,11,15,17-18H,4-6H2,1-3H3. The summed E-state index contributed by atoms with van der Waals surface area (Å²) >= 11 is 0. The Labute approximate surface area is 112 Å². The third-order valence-corrected chi connectivity index (χ3v) is 5.80. The van der Waals surface area contributed by atoms with Crippen molar-refractivity contribution in [3.8, 4) is 0 Å². The van der Waals surface area contributed by atoms with Crippen LogP contribution in [0, 0.1) is 22.7 Å². The van der Waals surface area contributed by atoms with Crippen LogP contribution in [0.3, 0.4) is 0 Å². The van der Waals surface area contributed by atoms with E-state index in [0.29, 0.717) is 12.8 Å². The number of aliphatic hydroxyl groups is 3. The molecule has 0 aromatic carbocycles. The fourth-order valence-corrected chi connectivity index (χ4v) is 4.44. The monoisotopic (exact) mass is 270 g/mol. The Morgan fingerprint density at radius 1 is 1.26 bits per heavy atom. The third-order valence-electron chi connectivity index (χ3n) is 5.80. The molecular weight excluding hydrogens is 248 g/mol. The van der Waals surface area contributed by atoms with E-state index in [1.54, 1.807) is 6.92 Å². The van der Waals surface area contributed by atoms with Crippen molar-refractivity contribution in [2.75, 3.05) is 6.61 Å². The van der Waals surface area contributed by atoms with E-state index in [0.717, 1.165) is 0 Å². The summed E-state index contributed by atoms with van der Waals surface area (Å²) < 4.78 is 5.31. The van der Waals surface area contributed by atoms with Crippen LogP contribution in [0.5, 0.6) is 0 Å². The molecule has 108 valence electrons. The molecule has 6 unspecified atom stereocenters. The van der Waals surface area contributed by atoms with Gasteiger partial charge in [0.25, 0.3) is 0 Å². The fourth-order valence-electron chi connectivity index (χ4n) is 4.44. The first-order valence-electron chi connectivity index (χ1n) is 6.92. The first kappa shape index (κ1) is 13.5. The lowest BCUT2D eigenvalue weighted by molar-refractivity contribution is -0.238. The summed E-state index contributed by atoms with van der Waals surface area (Å²) in [6.45, 7) is 5.81. The highest BCUT2D eigenvalue weighted by atomic mass is 16.6. The molecule has 1 saturated heterocycles. The van der Waals surface area contributed by atoms with Crippen molar-refractivity contribution >= 4 is 5.78 Å². The smallest absolute Gasteiger partial charge is 0.235 e. The summed E-state index contributed by atoms with van der Waals surface area (Å²) in [5, 5.41) is 31.6. The Morgan fingerprint density at radius 2 is 1.89 bits per heavy atom. The van der Waals surface area contributed by atoms with Gasteiger partial charge in [0, 0.05) is 11.8 Å². The second-order valence-electron chi connectivity index (χ2n) is 7.28. The number of aliphatic hydroxyl groups excluding tert-OH is 2. The first-order valence-corrected chi connectivity index (χ1v) is 6.92. The maximum Gasteiger partial charge on any atom is 0.235 e. The zero-order valence-electron chi connectivity index (χ0n) is 11.6. The normalized spacial score (nSPS) is 56.0. The van der Waals surface area contributed by atoms with Gasteiger partial charge in [-0.25, -0.2) is 0 Å². The number of hydrogen-bond donors (Lipinski definition) is 3. The van der Waals surface area contributed by atoms with E-state index in [-0.39, 0.29) is 23.7 Å². The lowest BCUT2D eigenvalue weighted by Gasteiger charge is -2.52. The number of carbonyl (C=O) groups is 1. The minimum atomic E-state index is -1.96. The average Bonchev–Trinajstić information content (AvgIpc) is 2.61. The number of carbonyl (C=O) groups excluding carboxylic acids is 1. The van der Waals surface area contributed by atoms with Gasteiger partial charge >= 0.3 is 0 Å². The molecule has 3 fully saturated rings.